The fourth-order valence-corrected chi connectivity index (χ4v) is 5.65. The smallest absolute Gasteiger partial charge is 0.317 e. The number of nitrogens with zero attached hydrogens (tertiary/aromatic N) is 1. The highest BCUT2D eigenvalue weighted by atomic mass is 32.2. The standard InChI is InChI=1S/C19H24FNO5S/c1-2-21(16-8-11-27(24,25)13-16)17(22)12-26-18(23)19(9-3-10-19)14-4-6-15(20)7-5-14/h4-7,16H,2-3,8-13H2,1H3. The van der Waals surface area contributed by atoms with Gasteiger partial charge in [0, 0.05) is 12.6 Å². The molecule has 1 aliphatic carbocycles. The average molecular weight is 397 g/mol. The molecule has 1 saturated heterocycles. The second-order valence-electron chi connectivity index (χ2n) is 7.26. The van der Waals surface area contributed by atoms with Crippen LogP contribution < -0.4 is 0 Å². The fraction of sp³-hybridized carbons (Fsp3) is 0.579. The van der Waals surface area contributed by atoms with Crippen LogP contribution in [-0.4, -0.2) is 55.9 Å². The van der Waals surface area contributed by atoms with E-state index in [2.05, 4.69) is 0 Å². The molecule has 1 atom stereocenters. The highest BCUT2D eigenvalue weighted by Crippen LogP contribution is 2.44. The van der Waals surface area contributed by atoms with E-state index in [4.69, 9.17) is 4.74 Å². The Hall–Kier alpha value is -1.96. The normalized spacial score (nSPS) is 22.7. The third-order valence-electron chi connectivity index (χ3n) is 5.63. The highest BCUT2D eigenvalue weighted by molar-refractivity contribution is 7.91. The maximum absolute atomic E-state index is 13.2. The lowest BCUT2D eigenvalue weighted by atomic mass is 9.64. The van der Waals surface area contributed by atoms with Crippen molar-refractivity contribution in [3.05, 3.63) is 35.6 Å². The number of hydrogen-bond donors (Lipinski definition) is 0. The van der Waals surface area contributed by atoms with Gasteiger partial charge in [0.05, 0.1) is 16.9 Å². The molecular formula is C19H24FNO5S. The molecule has 27 heavy (non-hydrogen) atoms. The number of ether oxygens (including phenoxy) is 1. The quantitative estimate of drug-likeness (QED) is 0.684. The van der Waals surface area contributed by atoms with E-state index in [-0.39, 0.29) is 29.3 Å². The number of benzene rings is 1. The summed E-state index contributed by atoms with van der Waals surface area (Å²) in [6.07, 6.45) is 2.48. The molecule has 0 bridgehead atoms. The van der Waals surface area contributed by atoms with Gasteiger partial charge in [-0.25, -0.2) is 12.8 Å². The number of carbonyl (C=O) groups excluding carboxylic acids is 2. The number of amides is 1. The Labute approximate surface area is 158 Å². The van der Waals surface area contributed by atoms with Crippen LogP contribution in [0.3, 0.4) is 0 Å². The Kier molecular flexibility index (Phi) is 5.55. The first-order valence-electron chi connectivity index (χ1n) is 9.20. The summed E-state index contributed by atoms with van der Waals surface area (Å²) in [5.41, 5.74) is -0.122. The van der Waals surface area contributed by atoms with Crippen molar-refractivity contribution in [2.24, 2.45) is 0 Å². The topological polar surface area (TPSA) is 80.8 Å². The Morgan fingerprint density at radius 2 is 1.93 bits per heavy atom. The van der Waals surface area contributed by atoms with Gasteiger partial charge in [-0.1, -0.05) is 18.6 Å². The number of halogens is 1. The molecule has 1 aliphatic heterocycles. The van der Waals surface area contributed by atoms with Crippen molar-refractivity contribution >= 4 is 21.7 Å². The molecule has 8 heteroatoms. The van der Waals surface area contributed by atoms with Gasteiger partial charge < -0.3 is 9.64 Å². The fourth-order valence-electron chi connectivity index (χ4n) is 3.92. The highest BCUT2D eigenvalue weighted by Gasteiger charge is 2.47. The minimum absolute atomic E-state index is 0.0416. The third kappa shape index (κ3) is 4.00. The maximum atomic E-state index is 13.2. The second kappa shape index (κ2) is 7.58. The Balaban J connectivity index is 1.63. The van der Waals surface area contributed by atoms with E-state index in [9.17, 15) is 22.4 Å². The van der Waals surface area contributed by atoms with Gasteiger partial charge in [-0.3, -0.25) is 9.59 Å². The Morgan fingerprint density at radius 3 is 2.41 bits per heavy atom. The van der Waals surface area contributed by atoms with Crippen LogP contribution in [0.25, 0.3) is 0 Å². The van der Waals surface area contributed by atoms with Crippen molar-refractivity contribution in [2.75, 3.05) is 24.7 Å². The zero-order chi connectivity index (χ0) is 19.7. The third-order valence-corrected chi connectivity index (χ3v) is 7.38. The largest absolute Gasteiger partial charge is 0.455 e. The Bertz CT molecular complexity index is 817. The molecule has 0 spiro atoms. The number of esters is 1. The van der Waals surface area contributed by atoms with Crippen LogP contribution >= 0.6 is 0 Å². The van der Waals surface area contributed by atoms with Crippen LogP contribution in [0.1, 0.15) is 38.2 Å². The molecule has 1 saturated carbocycles. The van der Waals surface area contributed by atoms with Gasteiger partial charge in [-0.15, -0.1) is 0 Å². The average Bonchev–Trinajstić information content (AvgIpc) is 2.94. The SMILES string of the molecule is CCN(C(=O)COC(=O)C1(c2ccc(F)cc2)CCC1)C1CCS(=O)(=O)C1. The second-order valence-corrected chi connectivity index (χ2v) is 9.48. The molecular weight excluding hydrogens is 373 g/mol. The molecule has 6 nitrogen and oxygen atoms in total. The van der Waals surface area contributed by atoms with Crippen molar-refractivity contribution in [3.8, 4) is 0 Å². The summed E-state index contributed by atoms with van der Waals surface area (Å²) in [4.78, 5) is 26.7. The summed E-state index contributed by atoms with van der Waals surface area (Å²) < 4.78 is 41.8. The number of hydrogen-bond acceptors (Lipinski definition) is 5. The van der Waals surface area contributed by atoms with Crippen LogP contribution in [0.2, 0.25) is 0 Å². The summed E-state index contributed by atoms with van der Waals surface area (Å²) >= 11 is 0. The molecule has 1 aromatic carbocycles. The zero-order valence-corrected chi connectivity index (χ0v) is 16.1. The van der Waals surface area contributed by atoms with Crippen LogP contribution in [0, 0.1) is 5.82 Å². The van der Waals surface area contributed by atoms with Gasteiger partial charge in [0.15, 0.2) is 16.4 Å². The van der Waals surface area contributed by atoms with Gasteiger partial charge in [0.25, 0.3) is 5.91 Å². The van der Waals surface area contributed by atoms with Crippen molar-refractivity contribution in [2.45, 2.75) is 44.1 Å². The van der Waals surface area contributed by atoms with E-state index in [1.807, 2.05) is 0 Å². The molecule has 0 aromatic heterocycles. The summed E-state index contributed by atoms with van der Waals surface area (Å²) in [6, 6.07) is 5.43. The van der Waals surface area contributed by atoms with Gasteiger partial charge in [-0.2, -0.15) is 0 Å². The van der Waals surface area contributed by atoms with Crippen molar-refractivity contribution in [1.29, 1.82) is 0 Å². The number of sulfone groups is 1. The first-order valence-corrected chi connectivity index (χ1v) is 11.0. The summed E-state index contributed by atoms with van der Waals surface area (Å²) in [6.45, 7) is 1.72. The van der Waals surface area contributed by atoms with Crippen molar-refractivity contribution in [1.82, 2.24) is 4.90 Å². The molecule has 2 fully saturated rings. The van der Waals surface area contributed by atoms with E-state index in [0.29, 0.717) is 31.4 Å². The summed E-state index contributed by atoms with van der Waals surface area (Å²) in [5, 5.41) is 0. The first-order chi connectivity index (χ1) is 12.8. The zero-order valence-electron chi connectivity index (χ0n) is 15.3. The molecule has 2 aliphatic rings. The van der Waals surface area contributed by atoms with Crippen LogP contribution in [0.4, 0.5) is 4.39 Å². The maximum Gasteiger partial charge on any atom is 0.317 e. The number of carbonyl (C=O) groups is 2. The van der Waals surface area contributed by atoms with Crippen molar-refractivity contribution < 1.29 is 27.1 Å². The summed E-state index contributed by atoms with van der Waals surface area (Å²) in [7, 11) is -3.11. The number of rotatable bonds is 6. The van der Waals surface area contributed by atoms with Gasteiger partial charge in [-0.05, 0) is 43.9 Å². The van der Waals surface area contributed by atoms with E-state index in [0.717, 1.165) is 6.42 Å². The first kappa shape index (κ1) is 19.8. The van der Waals surface area contributed by atoms with Crippen LogP contribution in [-0.2, 0) is 29.6 Å². The van der Waals surface area contributed by atoms with Crippen molar-refractivity contribution in [3.63, 3.8) is 0 Å². The van der Waals surface area contributed by atoms with E-state index in [1.54, 1.807) is 19.1 Å². The molecule has 3 rings (SSSR count). The molecule has 0 radical (unpaired) electrons. The number of likely N-dealkylation sites (N-methyl/N-ethyl adjacent to an activating group) is 1. The molecule has 148 valence electrons. The monoisotopic (exact) mass is 397 g/mol. The molecule has 1 aromatic rings. The predicted molar refractivity (Wildman–Crippen MR) is 97.3 cm³/mol. The molecule has 0 N–H and O–H groups in total. The van der Waals surface area contributed by atoms with Crippen LogP contribution in [0.5, 0.6) is 0 Å². The lowest BCUT2D eigenvalue weighted by molar-refractivity contribution is -0.160. The predicted octanol–water partition coefficient (Wildman–Crippen LogP) is 1.83. The molecule has 1 unspecified atom stereocenters. The minimum atomic E-state index is -3.11. The lowest BCUT2D eigenvalue weighted by Crippen LogP contribution is -2.47. The summed E-state index contributed by atoms with van der Waals surface area (Å²) in [5.74, 6) is -1.21. The van der Waals surface area contributed by atoms with Gasteiger partial charge >= 0.3 is 5.97 Å². The van der Waals surface area contributed by atoms with E-state index >= 15 is 0 Å². The van der Waals surface area contributed by atoms with Gasteiger partial charge in [0.2, 0.25) is 0 Å². The van der Waals surface area contributed by atoms with E-state index < -0.39 is 27.8 Å². The lowest BCUT2D eigenvalue weighted by Gasteiger charge is -2.39. The molecule has 1 amide bonds. The van der Waals surface area contributed by atoms with Gasteiger partial charge in [0.1, 0.15) is 5.82 Å². The Morgan fingerprint density at radius 1 is 1.26 bits per heavy atom. The minimum Gasteiger partial charge on any atom is -0.455 e. The van der Waals surface area contributed by atoms with Crippen LogP contribution in [0.15, 0.2) is 24.3 Å². The van der Waals surface area contributed by atoms with E-state index in [1.165, 1.54) is 17.0 Å². The molecule has 1 heterocycles.